The lowest BCUT2D eigenvalue weighted by Gasteiger charge is -2.28. The van der Waals surface area contributed by atoms with Gasteiger partial charge in [0, 0.05) is 5.56 Å². The highest BCUT2D eigenvalue weighted by Crippen LogP contribution is 2.37. The minimum absolute atomic E-state index is 0.000800. The Morgan fingerprint density at radius 2 is 1.56 bits per heavy atom. The Labute approximate surface area is 146 Å². The summed E-state index contributed by atoms with van der Waals surface area (Å²) in [5, 5.41) is 0. The Morgan fingerprint density at radius 1 is 0.880 bits per heavy atom. The molecule has 134 valence electrons. The predicted molar refractivity (Wildman–Crippen MR) is 92.1 cm³/mol. The van der Waals surface area contributed by atoms with E-state index in [1.165, 1.54) is 43.7 Å². The van der Waals surface area contributed by atoms with Gasteiger partial charge >= 0.3 is 0 Å². The van der Waals surface area contributed by atoms with E-state index in [0.29, 0.717) is 11.7 Å². The van der Waals surface area contributed by atoms with Gasteiger partial charge in [-0.25, -0.2) is 13.2 Å². The number of hydrogen-bond donors (Lipinski definition) is 0. The second-order valence-corrected chi connectivity index (χ2v) is 6.82. The second kappa shape index (κ2) is 7.94. The molecular weight excluding hydrogens is 325 g/mol. The van der Waals surface area contributed by atoms with Gasteiger partial charge in [-0.05, 0) is 67.3 Å². The van der Waals surface area contributed by atoms with Gasteiger partial charge in [0.05, 0.1) is 0 Å². The van der Waals surface area contributed by atoms with Gasteiger partial charge in [0.15, 0.2) is 17.5 Å². The highest BCUT2D eigenvalue weighted by molar-refractivity contribution is 5.30. The molecule has 1 aliphatic carbocycles. The molecule has 0 saturated heterocycles. The molecule has 1 saturated carbocycles. The molecule has 0 aromatic heterocycles. The van der Waals surface area contributed by atoms with Crippen molar-refractivity contribution in [2.75, 3.05) is 0 Å². The average molecular weight is 348 g/mol. The first-order chi connectivity index (χ1) is 12.1. The molecule has 0 unspecified atom stereocenters. The molecule has 0 radical (unpaired) electrons. The van der Waals surface area contributed by atoms with Crippen LogP contribution in [0.5, 0.6) is 5.75 Å². The average Bonchev–Trinajstić information content (AvgIpc) is 2.66. The minimum Gasteiger partial charge on any atom is -0.489 e. The third kappa shape index (κ3) is 4.17. The number of ether oxygens (including phenoxy) is 1. The Kier molecular flexibility index (Phi) is 5.67. The van der Waals surface area contributed by atoms with E-state index < -0.39 is 17.5 Å². The van der Waals surface area contributed by atoms with Crippen LogP contribution in [0.4, 0.5) is 13.2 Å². The summed E-state index contributed by atoms with van der Waals surface area (Å²) in [7, 11) is 0. The van der Waals surface area contributed by atoms with Crippen LogP contribution < -0.4 is 4.74 Å². The maximum Gasteiger partial charge on any atom is 0.194 e. The van der Waals surface area contributed by atoms with Gasteiger partial charge < -0.3 is 4.74 Å². The van der Waals surface area contributed by atoms with Gasteiger partial charge in [0.2, 0.25) is 0 Å². The summed E-state index contributed by atoms with van der Waals surface area (Å²) in [5.41, 5.74) is 1.31. The van der Waals surface area contributed by atoms with Crippen LogP contribution in [0.2, 0.25) is 0 Å². The van der Waals surface area contributed by atoms with Crippen LogP contribution in [0.15, 0.2) is 36.4 Å². The van der Waals surface area contributed by atoms with Crippen molar-refractivity contribution < 1.29 is 17.9 Å². The van der Waals surface area contributed by atoms with Gasteiger partial charge in [-0.3, -0.25) is 0 Å². The second-order valence-electron chi connectivity index (χ2n) is 6.82. The topological polar surface area (TPSA) is 9.23 Å². The summed E-state index contributed by atoms with van der Waals surface area (Å²) in [6, 6.07) is 9.93. The smallest absolute Gasteiger partial charge is 0.194 e. The molecular formula is C21H23F3O. The molecule has 2 aromatic carbocycles. The van der Waals surface area contributed by atoms with E-state index in [4.69, 9.17) is 4.74 Å². The third-order valence-electron chi connectivity index (χ3n) is 5.29. The summed E-state index contributed by atoms with van der Waals surface area (Å²) >= 11 is 0. The first kappa shape index (κ1) is 17.8. The van der Waals surface area contributed by atoms with Gasteiger partial charge in [0.25, 0.3) is 0 Å². The van der Waals surface area contributed by atoms with Crippen molar-refractivity contribution in [2.45, 2.75) is 51.6 Å². The van der Waals surface area contributed by atoms with Crippen LogP contribution in [0, 0.1) is 23.4 Å². The lowest BCUT2D eigenvalue weighted by atomic mass is 9.78. The first-order valence-electron chi connectivity index (χ1n) is 8.93. The SMILES string of the molecule is CC[C@H]1CC[C@H](c2ccc(OCc3ccc(F)c(F)c3F)cc2)CC1. The number of rotatable bonds is 5. The van der Waals surface area contributed by atoms with Crippen LogP contribution in [0.1, 0.15) is 56.1 Å². The van der Waals surface area contributed by atoms with Crippen molar-refractivity contribution in [1.82, 2.24) is 0 Å². The molecule has 4 heteroatoms. The first-order valence-corrected chi connectivity index (χ1v) is 8.93. The van der Waals surface area contributed by atoms with Crippen molar-refractivity contribution in [1.29, 1.82) is 0 Å². The van der Waals surface area contributed by atoms with E-state index in [1.807, 2.05) is 24.3 Å². The maximum absolute atomic E-state index is 13.6. The maximum atomic E-state index is 13.6. The monoisotopic (exact) mass is 348 g/mol. The van der Waals surface area contributed by atoms with E-state index in [9.17, 15) is 13.2 Å². The summed E-state index contributed by atoms with van der Waals surface area (Å²) in [4.78, 5) is 0. The van der Waals surface area contributed by atoms with Crippen molar-refractivity contribution >= 4 is 0 Å². The van der Waals surface area contributed by atoms with Crippen LogP contribution >= 0.6 is 0 Å². The largest absolute Gasteiger partial charge is 0.489 e. The zero-order valence-electron chi connectivity index (χ0n) is 14.4. The van der Waals surface area contributed by atoms with E-state index in [2.05, 4.69) is 6.92 Å². The summed E-state index contributed by atoms with van der Waals surface area (Å²) in [5.74, 6) is -1.78. The van der Waals surface area contributed by atoms with E-state index >= 15 is 0 Å². The van der Waals surface area contributed by atoms with E-state index in [-0.39, 0.29) is 12.2 Å². The summed E-state index contributed by atoms with van der Waals surface area (Å²) < 4.78 is 45.3. The zero-order chi connectivity index (χ0) is 17.8. The molecule has 0 aliphatic heterocycles. The Balaban J connectivity index is 1.59. The standard InChI is InChI=1S/C21H23F3O/c1-2-14-3-5-15(6-4-14)16-7-10-18(11-8-16)25-13-17-9-12-19(22)21(24)20(17)23/h7-12,14-15H,2-6,13H2,1H3/t14-,15-. The van der Waals surface area contributed by atoms with Gasteiger partial charge in [0.1, 0.15) is 12.4 Å². The van der Waals surface area contributed by atoms with Crippen molar-refractivity contribution in [3.63, 3.8) is 0 Å². The highest BCUT2D eigenvalue weighted by atomic mass is 19.2. The summed E-state index contributed by atoms with van der Waals surface area (Å²) in [6.45, 7) is 2.12. The Hall–Kier alpha value is -1.97. The fraction of sp³-hybridized carbons (Fsp3) is 0.429. The lowest BCUT2D eigenvalue weighted by molar-refractivity contribution is 0.295. The van der Waals surface area contributed by atoms with Crippen LogP contribution in [0.3, 0.4) is 0 Å². The number of hydrogen-bond acceptors (Lipinski definition) is 1. The predicted octanol–water partition coefficient (Wildman–Crippen LogP) is 6.37. The fourth-order valence-electron chi connectivity index (χ4n) is 3.58. The molecule has 0 heterocycles. The van der Waals surface area contributed by atoms with Gasteiger partial charge in [-0.1, -0.05) is 25.5 Å². The Bertz CT molecular complexity index is 704. The normalized spacial score (nSPS) is 20.5. The van der Waals surface area contributed by atoms with Gasteiger partial charge in [-0.2, -0.15) is 0 Å². The van der Waals surface area contributed by atoms with E-state index in [1.54, 1.807) is 0 Å². The molecule has 0 N–H and O–H groups in total. The Morgan fingerprint density at radius 3 is 2.20 bits per heavy atom. The summed E-state index contributed by atoms with van der Waals surface area (Å²) in [6.07, 6.45) is 6.28. The van der Waals surface area contributed by atoms with Gasteiger partial charge in [-0.15, -0.1) is 0 Å². The zero-order valence-corrected chi connectivity index (χ0v) is 14.4. The molecule has 1 fully saturated rings. The molecule has 3 rings (SSSR count). The molecule has 1 aliphatic rings. The van der Waals surface area contributed by atoms with Crippen molar-refractivity contribution in [3.8, 4) is 5.75 Å². The molecule has 0 bridgehead atoms. The van der Waals surface area contributed by atoms with Crippen molar-refractivity contribution in [3.05, 3.63) is 65.0 Å². The molecule has 25 heavy (non-hydrogen) atoms. The lowest BCUT2D eigenvalue weighted by Crippen LogP contribution is -2.12. The molecule has 2 aromatic rings. The molecule has 0 spiro atoms. The number of benzene rings is 2. The molecule has 0 amide bonds. The number of halogens is 3. The van der Waals surface area contributed by atoms with Crippen LogP contribution in [-0.2, 0) is 6.61 Å². The van der Waals surface area contributed by atoms with Crippen LogP contribution in [-0.4, -0.2) is 0 Å². The third-order valence-corrected chi connectivity index (χ3v) is 5.29. The fourth-order valence-corrected chi connectivity index (χ4v) is 3.58. The molecule has 0 atom stereocenters. The minimum atomic E-state index is -1.46. The van der Waals surface area contributed by atoms with Crippen LogP contribution in [0.25, 0.3) is 0 Å². The van der Waals surface area contributed by atoms with E-state index in [0.717, 1.165) is 12.0 Å². The molecule has 1 nitrogen and oxygen atoms in total. The highest BCUT2D eigenvalue weighted by Gasteiger charge is 2.21. The van der Waals surface area contributed by atoms with Crippen molar-refractivity contribution in [2.24, 2.45) is 5.92 Å². The quantitative estimate of drug-likeness (QED) is 0.571.